The first-order valence-electron chi connectivity index (χ1n) is 17.8. The van der Waals surface area contributed by atoms with Gasteiger partial charge in [0.05, 0.1) is 63.3 Å². The van der Waals surface area contributed by atoms with Gasteiger partial charge in [-0.3, -0.25) is 9.69 Å². The Morgan fingerprint density at radius 1 is 0.961 bits per heavy atom. The molecule has 5 heterocycles. The molecule has 7 atom stereocenters. The number of nitrogens with zero attached hydrogens (tertiary/aromatic N) is 2. The van der Waals surface area contributed by atoms with Gasteiger partial charge in [-0.15, -0.1) is 0 Å². The summed E-state index contributed by atoms with van der Waals surface area (Å²) in [5.74, 6) is 1.50. The van der Waals surface area contributed by atoms with Crippen LogP contribution < -0.4 is 14.4 Å². The van der Waals surface area contributed by atoms with Gasteiger partial charge in [0.15, 0.2) is 11.5 Å². The highest BCUT2D eigenvalue weighted by Gasteiger charge is 2.71. The molecular weight excluding hydrogens is 648 g/mol. The highest BCUT2D eigenvalue weighted by molar-refractivity contribution is 6.03. The number of ether oxygens (including phenoxy) is 5. The molecule has 0 aromatic heterocycles. The maximum atomic E-state index is 13.5. The van der Waals surface area contributed by atoms with Crippen LogP contribution in [0.25, 0.3) is 0 Å². The third-order valence-electron chi connectivity index (χ3n) is 12.0. The fourth-order valence-electron chi connectivity index (χ4n) is 10.1. The van der Waals surface area contributed by atoms with Crippen molar-refractivity contribution in [2.24, 2.45) is 11.8 Å². The van der Waals surface area contributed by atoms with Crippen molar-refractivity contribution in [3.63, 3.8) is 0 Å². The molecule has 10 heteroatoms. The van der Waals surface area contributed by atoms with E-state index in [9.17, 15) is 14.4 Å². The largest absolute Gasteiger partial charge is 0.493 e. The van der Waals surface area contributed by atoms with Crippen LogP contribution in [0.3, 0.4) is 0 Å². The van der Waals surface area contributed by atoms with Gasteiger partial charge in [0.2, 0.25) is 5.91 Å². The van der Waals surface area contributed by atoms with E-state index in [1.165, 1.54) is 19.1 Å². The van der Waals surface area contributed by atoms with Gasteiger partial charge in [0.1, 0.15) is 6.10 Å². The van der Waals surface area contributed by atoms with Gasteiger partial charge < -0.3 is 28.6 Å². The van der Waals surface area contributed by atoms with Crippen molar-refractivity contribution in [2.45, 2.75) is 62.3 Å². The Hall–Kier alpha value is -4.67. The third-order valence-corrected chi connectivity index (χ3v) is 12.0. The van der Waals surface area contributed by atoms with Crippen LogP contribution in [0.1, 0.15) is 58.0 Å². The number of carbonyl (C=O) groups excluding carboxylic acids is 3. The molecule has 3 aromatic carbocycles. The van der Waals surface area contributed by atoms with Crippen molar-refractivity contribution < 1.29 is 38.1 Å². The zero-order valence-corrected chi connectivity index (χ0v) is 29.5. The summed E-state index contributed by atoms with van der Waals surface area (Å²) in [7, 11) is 4.64. The number of hydrogen-bond acceptors (Lipinski definition) is 9. The molecule has 7 unspecified atom stereocenters. The van der Waals surface area contributed by atoms with Crippen molar-refractivity contribution in [3.05, 3.63) is 101 Å². The van der Waals surface area contributed by atoms with E-state index in [1.807, 2.05) is 43.3 Å². The Kier molecular flexibility index (Phi) is 8.63. The Morgan fingerprint density at radius 2 is 1.67 bits per heavy atom. The number of hydrogen-bond donors (Lipinski definition) is 0. The van der Waals surface area contributed by atoms with Crippen molar-refractivity contribution in [1.82, 2.24) is 4.90 Å². The second kappa shape index (κ2) is 13.1. The number of methoxy groups -OCH3 is 3. The fraction of sp³-hybridized carbons (Fsp3) is 0.439. The van der Waals surface area contributed by atoms with Crippen molar-refractivity contribution in [3.8, 4) is 11.5 Å². The van der Waals surface area contributed by atoms with Crippen molar-refractivity contribution >= 4 is 23.5 Å². The van der Waals surface area contributed by atoms with Crippen LogP contribution in [0.4, 0.5) is 5.69 Å². The Morgan fingerprint density at radius 3 is 2.39 bits per heavy atom. The number of benzene rings is 3. The molecule has 10 nitrogen and oxygen atoms in total. The van der Waals surface area contributed by atoms with E-state index in [0.29, 0.717) is 43.1 Å². The molecule has 9 rings (SSSR count). The number of anilines is 1. The first-order chi connectivity index (χ1) is 24.8. The fourth-order valence-corrected chi connectivity index (χ4v) is 10.1. The normalized spacial score (nSPS) is 28.3. The summed E-state index contributed by atoms with van der Waals surface area (Å²) in [6.07, 6.45) is 5.43. The monoisotopic (exact) mass is 692 g/mol. The predicted molar refractivity (Wildman–Crippen MR) is 189 cm³/mol. The highest BCUT2D eigenvalue weighted by atomic mass is 16.5. The number of rotatable bonds is 7. The van der Waals surface area contributed by atoms with Gasteiger partial charge in [-0.25, -0.2) is 9.59 Å². The molecule has 0 radical (unpaired) electrons. The first kappa shape index (κ1) is 33.5. The molecule has 1 spiro atoms. The summed E-state index contributed by atoms with van der Waals surface area (Å²) < 4.78 is 27.7. The second-order valence-corrected chi connectivity index (χ2v) is 14.4. The van der Waals surface area contributed by atoms with E-state index in [-0.39, 0.29) is 40.7 Å². The lowest BCUT2D eigenvalue weighted by atomic mass is 9.53. The van der Waals surface area contributed by atoms with Gasteiger partial charge in [0, 0.05) is 36.4 Å². The Labute approximate surface area is 298 Å². The van der Waals surface area contributed by atoms with Gasteiger partial charge in [0.25, 0.3) is 0 Å². The summed E-state index contributed by atoms with van der Waals surface area (Å²) >= 11 is 0. The highest BCUT2D eigenvalue weighted by Crippen LogP contribution is 2.66. The maximum Gasteiger partial charge on any atom is 0.339 e. The summed E-state index contributed by atoms with van der Waals surface area (Å²) in [5.41, 5.74) is 5.37. The van der Waals surface area contributed by atoms with Crippen molar-refractivity contribution in [1.29, 1.82) is 0 Å². The number of piperidine rings is 2. The second-order valence-electron chi connectivity index (χ2n) is 14.4. The van der Waals surface area contributed by atoms with Gasteiger partial charge in [-0.2, -0.15) is 0 Å². The van der Waals surface area contributed by atoms with Gasteiger partial charge in [-0.1, -0.05) is 54.1 Å². The lowest BCUT2D eigenvalue weighted by Crippen LogP contribution is -2.69. The molecule has 3 saturated heterocycles. The van der Waals surface area contributed by atoms with Crippen LogP contribution in [-0.2, 0) is 30.8 Å². The number of carbonyl (C=O) groups is 3. The molecule has 0 N–H and O–H groups in total. The summed E-state index contributed by atoms with van der Waals surface area (Å²) in [6, 6.07) is 21.1. The van der Waals surface area contributed by atoms with Crippen LogP contribution in [0, 0.1) is 11.8 Å². The van der Waals surface area contributed by atoms with E-state index in [1.54, 1.807) is 44.1 Å². The molecule has 4 fully saturated rings. The van der Waals surface area contributed by atoms with Crippen LogP contribution in [0.15, 0.2) is 78.4 Å². The van der Waals surface area contributed by atoms with E-state index in [0.717, 1.165) is 36.5 Å². The Bertz CT molecular complexity index is 1890. The topological polar surface area (TPSA) is 104 Å². The smallest absolute Gasteiger partial charge is 0.339 e. The van der Waals surface area contributed by atoms with E-state index in [2.05, 4.69) is 26.7 Å². The van der Waals surface area contributed by atoms with Gasteiger partial charge in [-0.05, 0) is 61.6 Å². The van der Waals surface area contributed by atoms with E-state index < -0.39 is 11.9 Å². The lowest BCUT2D eigenvalue weighted by Gasteiger charge is -2.58. The average molecular weight is 693 g/mol. The molecule has 3 aromatic rings. The van der Waals surface area contributed by atoms with E-state index in [4.69, 9.17) is 18.9 Å². The molecule has 2 bridgehead atoms. The van der Waals surface area contributed by atoms with Crippen LogP contribution in [0.2, 0.25) is 0 Å². The third kappa shape index (κ3) is 5.33. The summed E-state index contributed by atoms with van der Waals surface area (Å²) in [5, 5.41) is 0. The van der Waals surface area contributed by atoms with E-state index >= 15 is 0 Å². The molecule has 1 aliphatic carbocycles. The molecule has 6 aliphatic rings. The maximum absolute atomic E-state index is 13.5. The standard InChI is InChI=1S/C23H26N2O4.C18H18O4/c1-27-16-8-14-15(9-17(16)28-2)25-20(26)10-18-21-13-7-19-23(14,22(21)25)4-5-24(19)11-12(13)3-6-29-18;1-13(12-14-8-4-3-5-9-14)22-18(20)16-11-7-6-10-15(16)17(19)21-2/h3,8-9,13,18-19,21-22H,4-7,10-11H2,1-2H3;3-11,13H,12H2,1-2H3. The van der Waals surface area contributed by atoms with Crippen molar-refractivity contribution in [2.75, 3.05) is 45.9 Å². The minimum absolute atomic E-state index is 0.0242. The van der Waals surface area contributed by atoms with Crippen LogP contribution >= 0.6 is 0 Å². The SMILES string of the molecule is COC(=O)c1ccccc1C(=O)OC(C)Cc1ccccc1.COc1cc2c(cc1OC)C13CCN4CC5=CCOC6CC(=O)N2C1C6C5CC43. The number of fused-ring (bicyclic) bond motifs is 2. The molecular formula is C41H44N2O8. The lowest BCUT2D eigenvalue weighted by molar-refractivity contribution is -0.132. The minimum atomic E-state index is -0.553. The van der Waals surface area contributed by atoms with Crippen LogP contribution in [0.5, 0.6) is 11.5 Å². The summed E-state index contributed by atoms with van der Waals surface area (Å²) in [6.45, 7) is 4.63. The Balaban J connectivity index is 0.000000154. The minimum Gasteiger partial charge on any atom is -0.493 e. The average Bonchev–Trinajstić information content (AvgIpc) is 3.62. The molecule has 51 heavy (non-hydrogen) atoms. The number of esters is 2. The molecule has 1 amide bonds. The van der Waals surface area contributed by atoms with Gasteiger partial charge >= 0.3 is 11.9 Å². The first-order valence-corrected chi connectivity index (χ1v) is 17.8. The quantitative estimate of drug-likeness (QED) is 0.239. The summed E-state index contributed by atoms with van der Waals surface area (Å²) in [4.78, 5) is 42.2. The molecule has 5 aliphatic heterocycles. The zero-order chi connectivity index (χ0) is 35.4. The molecule has 266 valence electrons. The predicted octanol–water partition coefficient (Wildman–Crippen LogP) is 5.37. The van der Waals surface area contributed by atoms with Crippen LogP contribution in [-0.4, -0.2) is 88.1 Å². The number of amides is 1. The molecule has 1 saturated carbocycles. The zero-order valence-electron chi connectivity index (χ0n) is 29.5.